The van der Waals surface area contributed by atoms with Crippen LogP contribution < -0.4 is 5.32 Å². The zero-order chi connectivity index (χ0) is 12.8. The Morgan fingerprint density at radius 3 is 3.00 bits per heavy atom. The van der Waals surface area contributed by atoms with Gasteiger partial charge < -0.3 is 5.32 Å². The third-order valence-corrected chi connectivity index (χ3v) is 3.25. The molecule has 0 radical (unpaired) electrons. The van der Waals surface area contributed by atoms with Crippen molar-refractivity contribution in [3.63, 3.8) is 0 Å². The molecule has 0 spiro atoms. The fraction of sp³-hybridized carbons (Fsp3) is 0.267. The Bertz CT molecular complexity index is 544. The number of nitrogens with zero attached hydrogens (tertiary/aromatic N) is 1. The van der Waals surface area contributed by atoms with Crippen LogP contribution in [-0.4, -0.2) is 18.1 Å². The van der Waals surface area contributed by atoms with Gasteiger partial charge in [-0.15, -0.1) is 0 Å². The van der Waals surface area contributed by atoms with Gasteiger partial charge >= 0.3 is 0 Å². The summed E-state index contributed by atoms with van der Waals surface area (Å²) in [5.41, 5.74) is 5.15. The second-order valence-electron chi connectivity index (χ2n) is 4.37. The maximum atomic E-state index is 5.61. The number of pyridine rings is 1. The van der Waals surface area contributed by atoms with E-state index in [0.29, 0.717) is 0 Å². The number of halogens is 1. The maximum Gasteiger partial charge on any atom is 0.0734 e. The summed E-state index contributed by atoms with van der Waals surface area (Å²) in [6, 6.07) is 10.4. The number of aromatic nitrogens is 1. The van der Waals surface area contributed by atoms with E-state index in [1.165, 1.54) is 10.9 Å². The van der Waals surface area contributed by atoms with E-state index in [4.69, 9.17) is 11.6 Å². The molecule has 0 bridgehead atoms. The third-order valence-electron chi connectivity index (χ3n) is 2.88. The minimum atomic E-state index is 0.835. The van der Waals surface area contributed by atoms with Crippen LogP contribution in [-0.2, 0) is 6.42 Å². The fourth-order valence-corrected chi connectivity index (χ4v) is 1.99. The molecule has 94 valence electrons. The van der Waals surface area contributed by atoms with Gasteiger partial charge in [-0.1, -0.05) is 35.9 Å². The quantitative estimate of drug-likeness (QED) is 0.833. The van der Waals surface area contributed by atoms with Crippen LogP contribution in [0.3, 0.4) is 0 Å². The summed E-state index contributed by atoms with van der Waals surface area (Å²) in [4.78, 5) is 4.45. The number of nitrogens with one attached hydrogen (secondary N) is 1. The molecular formula is C15H17ClN2. The summed E-state index contributed by atoms with van der Waals surface area (Å²) < 4.78 is 0. The third kappa shape index (κ3) is 3.31. The second kappa shape index (κ2) is 6.53. The summed E-state index contributed by atoms with van der Waals surface area (Å²) in [6.07, 6.45) is 2.82. The van der Waals surface area contributed by atoms with Crippen molar-refractivity contribution in [2.75, 3.05) is 13.1 Å². The highest BCUT2D eigenvalue weighted by molar-refractivity contribution is 6.25. The molecule has 1 aromatic heterocycles. The number of para-hydroxylation sites is 1. The highest BCUT2D eigenvalue weighted by Gasteiger charge is 2.01. The van der Waals surface area contributed by atoms with Crippen LogP contribution in [0.1, 0.15) is 12.5 Å². The lowest BCUT2D eigenvalue weighted by molar-refractivity contribution is 0.730. The SMILES string of the molecule is C/C(=C/Cl)CNCCc1cccc2cccnc12. The molecule has 1 N–H and O–H groups in total. The largest absolute Gasteiger partial charge is 0.313 e. The highest BCUT2D eigenvalue weighted by Crippen LogP contribution is 2.15. The molecule has 18 heavy (non-hydrogen) atoms. The first kappa shape index (κ1) is 13.1. The first-order chi connectivity index (χ1) is 8.81. The Labute approximate surface area is 113 Å². The van der Waals surface area contributed by atoms with Crippen molar-refractivity contribution in [2.45, 2.75) is 13.3 Å². The Kier molecular flexibility index (Phi) is 4.73. The molecule has 0 unspecified atom stereocenters. The molecule has 0 aliphatic carbocycles. The van der Waals surface area contributed by atoms with Gasteiger partial charge in [-0.25, -0.2) is 0 Å². The smallest absolute Gasteiger partial charge is 0.0734 e. The maximum absolute atomic E-state index is 5.61. The van der Waals surface area contributed by atoms with Gasteiger partial charge in [0.05, 0.1) is 5.52 Å². The number of hydrogen-bond donors (Lipinski definition) is 1. The van der Waals surface area contributed by atoms with Crippen LogP contribution >= 0.6 is 11.6 Å². The first-order valence-electron chi connectivity index (χ1n) is 6.10. The van der Waals surface area contributed by atoms with Crippen LogP contribution in [0.15, 0.2) is 47.6 Å². The molecule has 0 atom stereocenters. The molecule has 1 heterocycles. The molecule has 2 nitrogen and oxygen atoms in total. The predicted octanol–water partition coefficient (Wildman–Crippen LogP) is 3.51. The van der Waals surface area contributed by atoms with Gasteiger partial charge in [-0.2, -0.15) is 0 Å². The van der Waals surface area contributed by atoms with Gasteiger partial charge in [0.25, 0.3) is 0 Å². The van der Waals surface area contributed by atoms with E-state index in [2.05, 4.69) is 34.6 Å². The minimum Gasteiger partial charge on any atom is -0.313 e. The second-order valence-corrected chi connectivity index (χ2v) is 4.59. The Hall–Kier alpha value is -1.38. The standard InChI is InChI=1S/C15H17ClN2/c1-12(10-16)11-17-9-7-14-5-2-4-13-6-3-8-18-15(13)14/h2-6,8,10,17H,7,9,11H2,1H3/b12-10-. The zero-order valence-corrected chi connectivity index (χ0v) is 11.2. The molecule has 0 amide bonds. The van der Waals surface area contributed by atoms with E-state index in [1.807, 2.05) is 19.2 Å². The molecule has 0 saturated heterocycles. The van der Waals surface area contributed by atoms with E-state index in [-0.39, 0.29) is 0 Å². The normalized spacial score (nSPS) is 12.0. The van der Waals surface area contributed by atoms with Crippen LogP contribution in [0.4, 0.5) is 0 Å². The molecule has 1 aromatic carbocycles. The number of benzene rings is 1. The van der Waals surface area contributed by atoms with E-state index < -0.39 is 0 Å². The molecule has 0 saturated carbocycles. The summed E-state index contributed by atoms with van der Waals surface area (Å²) in [6.45, 7) is 3.78. The van der Waals surface area contributed by atoms with Gasteiger partial charge in [0.15, 0.2) is 0 Å². The fourth-order valence-electron chi connectivity index (χ4n) is 1.92. The summed E-state index contributed by atoms with van der Waals surface area (Å²) in [7, 11) is 0. The minimum absolute atomic E-state index is 0.835. The van der Waals surface area contributed by atoms with Crippen molar-refractivity contribution < 1.29 is 0 Å². The molecule has 0 aliphatic rings. The van der Waals surface area contributed by atoms with E-state index in [9.17, 15) is 0 Å². The van der Waals surface area contributed by atoms with Gasteiger partial charge in [0.1, 0.15) is 0 Å². The molecule has 3 heteroatoms. The molecule has 0 aliphatic heterocycles. The predicted molar refractivity (Wildman–Crippen MR) is 77.9 cm³/mol. The molecule has 2 aromatic rings. The summed E-state index contributed by atoms with van der Waals surface area (Å²) >= 11 is 5.61. The highest BCUT2D eigenvalue weighted by atomic mass is 35.5. The van der Waals surface area contributed by atoms with E-state index in [0.717, 1.165) is 30.6 Å². The monoisotopic (exact) mass is 260 g/mol. The topological polar surface area (TPSA) is 24.9 Å². The Balaban J connectivity index is 1.99. The van der Waals surface area contributed by atoms with Gasteiger partial charge in [0, 0.05) is 23.7 Å². The number of hydrogen-bond acceptors (Lipinski definition) is 2. The lowest BCUT2D eigenvalue weighted by Gasteiger charge is -2.07. The molecule has 0 fully saturated rings. The molecule has 2 rings (SSSR count). The number of rotatable bonds is 5. The van der Waals surface area contributed by atoms with Gasteiger partial charge in [-0.3, -0.25) is 4.98 Å². The first-order valence-corrected chi connectivity index (χ1v) is 6.54. The lowest BCUT2D eigenvalue weighted by atomic mass is 10.1. The Morgan fingerprint density at radius 1 is 1.33 bits per heavy atom. The van der Waals surface area contributed by atoms with Crippen molar-refractivity contribution in [2.24, 2.45) is 0 Å². The van der Waals surface area contributed by atoms with Crippen molar-refractivity contribution >= 4 is 22.5 Å². The van der Waals surface area contributed by atoms with Crippen LogP contribution in [0.2, 0.25) is 0 Å². The van der Waals surface area contributed by atoms with Gasteiger partial charge in [-0.05, 0) is 37.1 Å². The van der Waals surface area contributed by atoms with Crippen molar-refractivity contribution in [3.05, 3.63) is 53.2 Å². The Morgan fingerprint density at radius 2 is 2.17 bits per heavy atom. The van der Waals surface area contributed by atoms with Crippen molar-refractivity contribution in [1.29, 1.82) is 0 Å². The van der Waals surface area contributed by atoms with Crippen molar-refractivity contribution in [3.8, 4) is 0 Å². The average molecular weight is 261 g/mol. The van der Waals surface area contributed by atoms with Gasteiger partial charge in [0.2, 0.25) is 0 Å². The van der Waals surface area contributed by atoms with Crippen LogP contribution in [0, 0.1) is 0 Å². The van der Waals surface area contributed by atoms with E-state index >= 15 is 0 Å². The number of fused-ring (bicyclic) bond motifs is 1. The summed E-state index contributed by atoms with van der Waals surface area (Å²) in [5.74, 6) is 0. The van der Waals surface area contributed by atoms with Crippen LogP contribution in [0.5, 0.6) is 0 Å². The zero-order valence-electron chi connectivity index (χ0n) is 10.5. The lowest BCUT2D eigenvalue weighted by Crippen LogP contribution is -2.19. The molecular weight excluding hydrogens is 244 g/mol. The van der Waals surface area contributed by atoms with Crippen molar-refractivity contribution in [1.82, 2.24) is 10.3 Å². The van der Waals surface area contributed by atoms with Crippen LogP contribution in [0.25, 0.3) is 10.9 Å². The van der Waals surface area contributed by atoms with E-state index in [1.54, 1.807) is 5.54 Å². The summed E-state index contributed by atoms with van der Waals surface area (Å²) in [5, 5.41) is 4.57. The average Bonchev–Trinajstić information content (AvgIpc) is 2.43.